The quantitative estimate of drug-likeness (QED) is 0.134. The molecule has 3 aromatic rings. The number of hydrazine groups is 1. The number of nitrogens with zero attached hydrogens (tertiary/aromatic N) is 2. The van der Waals surface area contributed by atoms with E-state index < -0.39 is 28.8 Å². The molecule has 1 amide bonds. The lowest BCUT2D eigenvalue weighted by Crippen LogP contribution is -2.57. The molecule has 1 saturated heterocycles. The van der Waals surface area contributed by atoms with Gasteiger partial charge in [-0.1, -0.05) is 86.6 Å². The Balaban J connectivity index is 1.50. The van der Waals surface area contributed by atoms with E-state index in [4.69, 9.17) is 4.74 Å². The number of non-ortho nitro benzene ring substituents is 1. The van der Waals surface area contributed by atoms with E-state index in [0.29, 0.717) is 36.3 Å². The van der Waals surface area contributed by atoms with E-state index in [1.165, 1.54) is 36.4 Å². The lowest BCUT2D eigenvalue weighted by atomic mass is 9.73. The molecule has 2 aliphatic heterocycles. The van der Waals surface area contributed by atoms with E-state index >= 15 is 0 Å². The number of carbonyl (C=O) groups is 3. The van der Waals surface area contributed by atoms with Crippen LogP contribution in [-0.4, -0.2) is 47.3 Å². The fraction of sp³-hybridized carbons (Fsp3) is 0.359. The Bertz CT molecular complexity index is 1730. The third kappa shape index (κ3) is 7.81. The zero-order valence-corrected chi connectivity index (χ0v) is 28.6. The highest BCUT2D eigenvalue weighted by atomic mass is 16.6. The van der Waals surface area contributed by atoms with Gasteiger partial charge in [0.25, 0.3) is 11.6 Å². The van der Waals surface area contributed by atoms with Crippen LogP contribution in [-0.2, 0) is 19.1 Å². The van der Waals surface area contributed by atoms with E-state index in [-0.39, 0.29) is 40.4 Å². The van der Waals surface area contributed by atoms with Crippen LogP contribution < -0.4 is 10.7 Å². The van der Waals surface area contributed by atoms with Crippen molar-refractivity contribution < 1.29 is 24.0 Å². The van der Waals surface area contributed by atoms with Gasteiger partial charge in [0.2, 0.25) is 0 Å². The van der Waals surface area contributed by atoms with Gasteiger partial charge < -0.3 is 10.1 Å². The number of piperidine rings is 1. The van der Waals surface area contributed by atoms with Gasteiger partial charge in [0.15, 0.2) is 5.78 Å². The summed E-state index contributed by atoms with van der Waals surface area (Å²) in [4.78, 5) is 52.7. The maximum absolute atomic E-state index is 14.4. The summed E-state index contributed by atoms with van der Waals surface area (Å²) in [5, 5.41) is 16.6. The number of carbonyl (C=O) groups excluding carboxylic acids is 3. The molecule has 0 spiro atoms. The first kappa shape index (κ1) is 35.2. The maximum atomic E-state index is 14.4. The van der Waals surface area contributed by atoms with Crippen molar-refractivity contribution in [1.29, 1.82) is 0 Å². The van der Waals surface area contributed by atoms with E-state index in [0.717, 1.165) is 6.42 Å². The number of nitro groups is 1. The topological polar surface area (TPSA) is 131 Å². The summed E-state index contributed by atoms with van der Waals surface area (Å²) in [5.74, 6) is -1.73. The highest BCUT2D eigenvalue weighted by Crippen LogP contribution is 2.42. The Morgan fingerprint density at radius 1 is 0.939 bits per heavy atom. The standard InChI is InChI=1S/C39H44N4O6/c1-24(2)21-33(44)32-23-30(36(27-13-8-6-9-14-27)28-15-10-7-11-16-28)19-20-42(32)41-38(45)34-25(3)40-26(4)35(39(46)49-5)37(34)29-17-12-18-31(22-29)43(47)48/h6-18,22,24,30,32,36-37,40H,19-21,23H2,1-5H3,(H,41,45). The average molecular weight is 665 g/mol. The number of dihydropyridines is 1. The van der Waals surface area contributed by atoms with Crippen LogP contribution in [0.5, 0.6) is 0 Å². The second-order valence-electron chi connectivity index (χ2n) is 13.3. The normalized spacial score (nSPS) is 19.9. The van der Waals surface area contributed by atoms with Crippen LogP contribution in [0.1, 0.15) is 75.5 Å². The van der Waals surface area contributed by atoms with Gasteiger partial charge in [-0.2, -0.15) is 0 Å². The molecular formula is C39H44N4O6. The number of ketones is 1. The smallest absolute Gasteiger partial charge is 0.336 e. The molecule has 10 heteroatoms. The highest BCUT2D eigenvalue weighted by Gasteiger charge is 2.41. The molecule has 10 nitrogen and oxygen atoms in total. The van der Waals surface area contributed by atoms with Crippen LogP contribution in [0, 0.1) is 22.0 Å². The van der Waals surface area contributed by atoms with Gasteiger partial charge in [0.05, 0.1) is 29.6 Å². The molecule has 0 saturated carbocycles. The van der Waals surface area contributed by atoms with Crippen LogP contribution in [0.3, 0.4) is 0 Å². The van der Waals surface area contributed by atoms with Gasteiger partial charge >= 0.3 is 5.97 Å². The minimum absolute atomic E-state index is 0.0496. The first-order valence-corrected chi connectivity index (χ1v) is 16.7. The lowest BCUT2D eigenvalue weighted by molar-refractivity contribution is -0.384. The number of nitro benzene ring substituents is 1. The van der Waals surface area contributed by atoms with Crippen molar-refractivity contribution in [3.8, 4) is 0 Å². The van der Waals surface area contributed by atoms with Crippen molar-refractivity contribution in [2.75, 3.05) is 13.7 Å². The van der Waals surface area contributed by atoms with E-state index in [9.17, 15) is 24.5 Å². The molecule has 3 atom stereocenters. The molecule has 3 aromatic carbocycles. The number of methoxy groups -OCH3 is 1. The molecule has 0 aromatic heterocycles. The largest absolute Gasteiger partial charge is 0.466 e. The van der Waals surface area contributed by atoms with Gasteiger partial charge in [-0.05, 0) is 55.2 Å². The van der Waals surface area contributed by atoms with Crippen LogP contribution in [0.25, 0.3) is 0 Å². The molecular weight excluding hydrogens is 620 g/mol. The number of amides is 1. The maximum Gasteiger partial charge on any atom is 0.336 e. The SMILES string of the molecule is COC(=O)C1=C(C)NC(C)=C(C(=O)NN2CCC(C(c3ccccc3)c3ccccc3)CC2C(=O)CC(C)C)C1c1cccc([N+](=O)[O-])c1. The fourth-order valence-corrected chi connectivity index (χ4v) is 7.35. The number of allylic oxidation sites excluding steroid dienone is 2. The van der Waals surface area contributed by atoms with Crippen LogP contribution >= 0.6 is 0 Å². The summed E-state index contributed by atoms with van der Waals surface area (Å²) in [6, 6.07) is 26.0. The van der Waals surface area contributed by atoms with E-state index in [1.807, 2.05) is 50.2 Å². The number of hydrogen-bond acceptors (Lipinski definition) is 8. The van der Waals surface area contributed by atoms with Crippen LogP contribution in [0.15, 0.2) is 107 Å². The lowest BCUT2D eigenvalue weighted by Gasteiger charge is -2.42. The Kier molecular flexibility index (Phi) is 11.1. The Morgan fingerprint density at radius 3 is 2.12 bits per heavy atom. The van der Waals surface area contributed by atoms with Crippen molar-refractivity contribution >= 4 is 23.3 Å². The molecule has 0 bridgehead atoms. The zero-order valence-electron chi connectivity index (χ0n) is 28.6. The summed E-state index contributed by atoms with van der Waals surface area (Å²) in [5.41, 5.74) is 7.03. The first-order valence-electron chi connectivity index (χ1n) is 16.7. The minimum Gasteiger partial charge on any atom is -0.466 e. The fourth-order valence-electron chi connectivity index (χ4n) is 7.35. The second kappa shape index (κ2) is 15.4. The number of benzene rings is 3. The summed E-state index contributed by atoms with van der Waals surface area (Å²) >= 11 is 0. The number of nitrogens with one attached hydrogen (secondary N) is 2. The van der Waals surface area contributed by atoms with Crippen molar-refractivity contribution in [1.82, 2.24) is 15.8 Å². The summed E-state index contributed by atoms with van der Waals surface area (Å²) in [7, 11) is 1.26. The number of ether oxygens (including phenoxy) is 1. The van der Waals surface area contributed by atoms with Crippen LogP contribution in [0.4, 0.5) is 5.69 Å². The monoisotopic (exact) mass is 664 g/mol. The number of esters is 1. The molecule has 49 heavy (non-hydrogen) atoms. The van der Waals surface area contributed by atoms with Gasteiger partial charge in [0, 0.05) is 48.0 Å². The van der Waals surface area contributed by atoms with Crippen LogP contribution in [0.2, 0.25) is 0 Å². The molecule has 0 aliphatic carbocycles. The summed E-state index contributed by atoms with van der Waals surface area (Å²) < 4.78 is 5.12. The van der Waals surface area contributed by atoms with E-state index in [2.05, 4.69) is 35.0 Å². The van der Waals surface area contributed by atoms with Crippen molar-refractivity contribution in [2.24, 2.45) is 11.8 Å². The Morgan fingerprint density at radius 2 is 1.55 bits per heavy atom. The summed E-state index contributed by atoms with van der Waals surface area (Å²) in [6.45, 7) is 7.88. The zero-order chi connectivity index (χ0) is 35.2. The van der Waals surface area contributed by atoms with Gasteiger partial charge in [-0.3, -0.25) is 25.1 Å². The van der Waals surface area contributed by atoms with E-state index in [1.54, 1.807) is 24.9 Å². The van der Waals surface area contributed by atoms with Gasteiger partial charge in [-0.15, -0.1) is 0 Å². The third-order valence-electron chi connectivity index (χ3n) is 9.48. The van der Waals surface area contributed by atoms with Gasteiger partial charge in [0.1, 0.15) is 0 Å². The van der Waals surface area contributed by atoms with Crippen molar-refractivity contribution in [3.05, 3.63) is 134 Å². The molecule has 1 fully saturated rings. The minimum atomic E-state index is -0.948. The third-order valence-corrected chi connectivity index (χ3v) is 9.48. The molecule has 3 unspecified atom stereocenters. The van der Waals surface area contributed by atoms with Crippen molar-refractivity contribution in [3.63, 3.8) is 0 Å². The molecule has 2 N–H and O–H groups in total. The molecule has 0 radical (unpaired) electrons. The highest BCUT2D eigenvalue weighted by molar-refractivity contribution is 6.02. The molecule has 2 heterocycles. The predicted octanol–water partition coefficient (Wildman–Crippen LogP) is 6.56. The predicted molar refractivity (Wildman–Crippen MR) is 187 cm³/mol. The molecule has 2 aliphatic rings. The number of Topliss-reactive ketones (excluding diaryl/α,β-unsaturated/α-hetero) is 1. The number of hydrogen-bond donors (Lipinski definition) is 2. The number of rotatable bonds is 11. The average Bonchev–Trinajstić information content (AvgIpc) is 3.09. The molecule has 256 valence electrons. The van der Waals surface area contributed by atoms with Gasteiger partial charge in [-0.25, -0.2) is 9.80 Å². The van der Waals surface area contributed by atoms with Crippen molar-refractivity contribution in [2.45, 2.75) is 64.8 Å². The summed E-state index contributed by atoms with van der Waals surface area (Å²) in [6.07, 6.45) is 1.62. The second-order valence-corrected chi connectivity index (χ2v) is 13.3. The Labute approximate surface area is 287 Å². The first-order chi connectivity index (χ1) is 23.5. The Hall–Kier alpha value is -5.09. The molecule has 5 rings (SSSR count).